The molecular weight excluding hydrogens is 410 g/mol. The van der Waals surface area contributed by atoms with Crippen LogP contribution in [0.1, 0.15) is 48.3 Å². The summed E-state index contributed by atoms with van der Waals surface area (Å²) in [6.07, 6.45) is 0.735. The predicted molar refractivity (Wildman–Crippen MR) is 120 cm³/mol. The highest BCUT2D eigenvalue weighted by Gasteiger charge is 2.33. The average molecular weight is 442 g/mol. The van der Waals surface area contributed by atoms with Gasteiger partial charge < -0.3 is 23.8 Å². The van der Waals surface area contributed by atoms with Crippen LogP contribution in [0.2, 0.25) is 0 Å². The zero-order chi connectivity index (χ0) is 23.3. The minimum Gasteiger partial charge on any atom is -0.493 e. The molecule has 1 aliphatic heterocycles. The summed E-state index contributed by atoms with van der Waals surface area (Å²) in [6.45, 7) is 6.78. The van der Waals surface area contributed by atoms with Crippen LogP contribution in [0.5, 0.6) is 17.2 Å². The molecule has 1 heterocycles. The first kappa shape index (κ1) is 23.4. The summed E-state index contributed by atoms with van der Waals surface area (Å²) in [5.74, 6) is 1.50. The Hall–Kier alpha value is -3.22. The fraction of sp³-hybridized carbons (Fsp3) is 0.440. The van der Waals surface area contributed by atoms with Crippen LogP contribution in [0.15, 0.2) is 36.4 Å². The largest absolute Gasteiger partial charge is 0.493 e. The van der Waals surface area contributed by atoms with Crippen molar-refractivity contribution in [2.24, 2.45) is 5.92 Å². The molecule has 3 rings (SSSR count). The first-order chi connectivity index (χ1) is 15.4. The highest BCUT2D eigenvalue weighted by Crippen LogP contribution is 2.39. The second-order valence-electron chi connectivity index (χ2n) is 7.91. The molecule has 0 radical (unpaired) electrons. The Bertz CT molecular complexity index is 954. The van der Waals surface area contributed by atoms with Crippen molar-refractivity contribution >= 4 is 11.9 Å². The molecule has 0 spiro atoms. The van der Waals surface area contributed by atoms with Gasteiger partial charge in [-0.1, -0.05) is 13.8 Å². The van der Waals surface area contributed by atoms with E-state index in [0.717, 1.165) is 17.5 Å². The number of carbonyl (C=O) groups is 2. The number of hydrogen-bond acceptors (Lipinski definition) is 6. The molecule has 1 aliphatic rings. The molecule has 1 unspecified atom stereocenters. The van der Waals surface area contributed by atoms with Crippen LogP contribution in [-0.2, 0) is 16.0 Å². The quantitative estimate of drug-likeness (QED) is 0.576. The highest BCUT2D eigenvalue weighted by atomic mass is 16.5. The molecule has 1 atom stereocenters. The van der Waals surface area contributed by atoms with Gasteiger partial charge in [0.15, 0.2) is 11.5 Å². The van der Waals surface area contributed by atoms with E-state index in [1.54, 1.807) is 45.4 Å². The number of hydrogen-bond donors (Lipinski definition) is 0. The summed E-state index contributed by atoms with van der Waals surface area (Å²) in [5.41, 5.74) is 2.57. The Morgan fingerprint density at radius 2 is 1.72 bits per heavy atom. The van der Waals surface area contributed by atoms with E-state index in [0.29, 0.717) is 36.0 Å². The molecule has 0 fully saturated rings. The fourth-order valence-corrected chi connectivity index (χ4v) is 3.88. The topological polar surface area (TPSA) is 74.3 Å². The maximum Gasteiger partial charge on any atom is 0.338 e. The lowest BCUT2D eigenvalue weighted by atomic mass is 9.91. The maximum atomic E-state index is 13.0. The molecule has 32 heavy (non-hydrogen) atoms. The summed E-state index contributed by atoms with van der Waals surface area (Å²) in [6, 6.07) is 10.5. The van der Waals surface area contributed by atoms with Gasteiger partial charge in [-0.25, -0.2) is 4.79 Å². The molecule has 2 aromatic rings. The summed E-state index contributed by atoms with van der Waals surface area (Å²) in [4.78, 5) is 26.7. The van der Waals surface area contributed by atoms with Gasteiger partial charge in [0.1, 0.15) is 12.4 Å². The number of fused-ring (bicyclic) bond motifs is 1. The van der Waals surface area contributed by atoms with Crippen molar-refractivity contribution in [1.29, 1.82) is 0 Å². The van der Waals surface area contributed by atoms with Crippen molar-refractivity contribution in [2.75, 3.05) is 34.0 Å². The molecule has 0 saturated heterocycles. The second kappa shape index (κ2) is 10.4. The summed E-state index contributed by atoms with van der Waals surface area (Å²) in [5, 5.41) is 0. The lowest BCUT2D eigenvalue weighted by molar-refractivity contribution is -0.138. The van der Waals surface area contributed by atoms with Crippen LogP contribution in [0.4, 0.5) is 0 Å². The summed E-state index contributed by atoms with van der Waals surface area (Å²) in [7, 11) is 3.21. The third-order valence-electron chi connectivity index (χ3n) is 5.55. The Morgan fingerprint density at radius 3 is 2.31 bits per heavy atom. The average Bonchev–Trinajstić information content (AvgIpc) is 2.81. The van der Waals surface area contributed by atoms with Crippen LogP contribution in [0.3, 0.4) is 0 Å². The van der Waals surface area contributed by atoms with E-state index in [2.05, 4.69) is 0 Å². The number of nitrogens with zero attached hydrogens (tertiary/aromatic N) is 1. The molecule has 172 valence electrons. The number of ether oxygens (including phenoxy) is 4. The van der Waals surface area contributed by atoms with Crippen molar-refractivity contribution in [3.8, 4) is 17.2 Å². The third-order valence-corrected chi connectivity index (χ3v) is 5.55. The van der Waals surface area contributed by atoms with Gasteiger partial charge >= 0.3 is 5.97 Å². The van der Waals surface area contributed by atoms with E-state index in [1.807, 2.05) is 30.9 Å². The Labute approximate surface area is 189 Å². The molecule has 0 bridgehead atoms. The van der Waals surface area contributed by atoms with Gasteiger partial charge in [0.05, 0.1) is 32.4 Å². The molecule has 0 N–H and O–H groups in total. The van der Waals surface area contributed by atoms with E-state index < -0.39 is 0 Å². The monoisotopic (exact) mass is 441 g/mol. The Morgan fingerprint density at radius 1 is 1.06 bits per heavy atom. The maximum absolute atomic E-state index is 13.0. The normalized spacial score (nSPS) is 15.2. The molecule has 1 amide bonds. The number of methoxy groups -OCH3 is 2. The molecule has 7 nitrogen and oxygen atoms in total. The van der Waals surface area contributed by atoms with E-state index in [1.165, 1.54) is 0 Å². The number of esters is 1. The number of rotatable bonds is 8. The summed E-state index contributed by atoms with van der Waals surface area (Å²) < 4.78 is 22.0. The molecule has 0 aliphatic carbocycles. The number of carbonyl (C=O) groups excluding carboxylic acids is 2. The van der Waals surface area contributed by atoms with Crippen molar-refractivity contribution in [1.82, 2.24) is 4.90 Å². The molecule has 0 saturated carbocycles. The Balaban J connectivity index is 1.87. The van der Waals surface area contributed by atoms with E-state index in [-0.39, 0.29) is 30.4 Å². The minimum atomic E-state index is -0.366. The first-order valence-corrected chi connectivity index (χ1v) is 10.8. The fourth-order valence-electron chi connectivity index (χ4n) is 3.88. The summed E-state index contributed by atoms with van der Waals surface area (Å²) >= 11 is 0. The number of benzene rings is 2. The lowest BCUT2D eigenvalue weighted by Gasteiger charge is -2.38. The van der Waals surface area contributed by atoms with E-state index in [9.17, 15) is 9.59 Å². The van der Waals surface area contributed by atoms with Crippen LogP contribution in [0.25, 0.3) is 0 Å². The standard InChI is InChI=1S/C25H31NO6/c1-6-31-25(28)17-7-9-19(10-8-17)32-15-21-20-14-23(30-5)22(29-4)13-18(20)11-12-26(21)24(27)16(2)3/h7-10,13-14,16,21H,6,11-12,15H2,1-5H3. The SMILES string of the molecule is CCOC(=O)c1ccc(OCC2c3cc(OC)c(OC)cc3CCN2C(=O)C(C)C)cc1. The van der Waals surface area contributed by atoms with Gasteiger partial charge in [-0.05, 0) is 60.9 Å². The minimum absolute atomic E-state index is 0.0803. The van der Waals surface area contributed by atoms with Crippen LogP contribution < -0.4 is 14.2 Å². The van der Waals surface area contributed by atoms with Crippen molar-refractivity contribution in [3.05, 3.63) is 53.1 Å². The molecule has 0 aromatic heterocycles. The smallest absolute Gasteiger partial charge is 0.338 e. The Kier molecular flexibility index (Phi) is 7.62. The van der Waals surface area contributed by atoms with Gasteiger partial charge in [0.2, 0.25) is 5.91 Å². The highest BCUT2D eigenvalue weighted by molar-refractivity contribution is 5.89. The van der Waals surface area contributed by atoms with Crippen LogP contribution >= 0.6 is 0 Å². The van der Waals surface area contributed by atoms with E-state index in [4.69, 9.17) is 18.9 Å². The molecule has 2 aromatic carbocycles. The number of amides is 1. The van der Waals surface area contributed by atoms with Gasteiger partial charge in [-0.15, -0.1) is 0 Å². The predicted octanol–water partition coefficient (Wildman–Crippen LogP) is 4.04. The molecule has 7 heteroatoms. The van der Waals surface area contributed by atoms with Gasteiger partial charge in [-0.3, -0.25) is 4.79 Å². The zero-order valence-electron chi connectivity index (χ0n) is 19.3. The zero-order valence-corrected chi connectivity index (χ0v) is 19.3. The lowest BCUT2D eigenvalue weighted by Crippen LogP contribution is -2.44. The van der Waals surface area contributed by atoms with Gasteiger partial charge in [-0.2, -0.15) is 0 Å². The van der Waals surface area contributed by atoms with Crippen molar-refractivity contribution < 1.29 is 28.5 Å². The molecular formula is C25H31NO6. The van der Waals surface area contributed by atoms with Gasteiger partial charge in [0.25, 0.3) is 0 Å². The van der Waals surface area contributed by atoms with Crippen LogP contribution in [0, 0.1) is 5.92 Å². The van der Waals surface area contributed by atoms with Crippen molar-refractivity contribution in [3.63, 3.8) is 0 Å². The van der Waals surface area contributed by atoms with Crippen molar-refractivity contribution in [2.45, 2.75) is 33.2 Å². The van der Waals surface area contributed by atoms with Crippen LogP contribution in [-0.4, -0.2) is 50.8 Å². The van der Waals surface area contributed by atoms with Gasteiger partial charge in [0, 0.05) is 12.5 Å². The first-order valence-electron chi connectivity index (χ1n) is 10.8. The third kappa shape index (κ3) is 4.98. The second-order valence-corrected chi connectivity index (χ2v) is 7.91. The van der Waals surface area contributed by atoms with E-state index >= 15 is 0 Å².